The van der Waals surface area contributed by atoms with Crippen LogP contribution in [0.2, 0.25) is 0 Å². The number of hydrogen-bond acceptors (Lipinski definition) is 5. The monoisotopic (exact) mass is 377 g/mol. The van der Waals surface area contributed by atoms with E-state index in [2.05, 4.69) is 31.0 Å². The van der Waals surface area contributed by atoms with E-state index in [1.807, 2.05) is 0 Å². The second kappa shape index (κ2) is 4.62. The van der Waals surface area contributed by atoms with Gasteiger partial charge in [-0.25, -0.2) is 4.98 Å². The van der Waals surface area contributed by atoms with Crippen LogP contribution in [-0.2, 0) is 10.0 Å². The van der Waals surface area contributed by atoms with Crippen molar-refractivity contribution < 1.29 is 8.42 Å². The first kappa shape index (κ1) is 13.4. The molecular weight excluding hydrogens is 370 g/mol. The molecule has 7 nitrogen and oxygen atoms in total. The molecule has 0 aliphatic carbocycles. The second-order valence-electron chi connectivity index (χ2n) is 4.58. The lowest BCUT2D eigenvalue weighted by atomic mass is 10.4. The molecule has 0 atom stereocenters. The summed E-state index contributed by atoms with van der Waals surface area (Å²) < 4.78 is 28.9. The third-order valence-electron chi connectivity index (χ3n) is 3.23. The number of rotatable bonds is 2. The molecule has 0 fully saturated rings. The molecule has 0 aliphatic rings. The molecule has 0 N–H and O–H groups in total. The summed E-state index contributed by atoms with van der Waals surface area (Å²) in [6.45, 7) is 0. The first-order valence-corrected chi connectivity index (χ1v) is 8.47. The van der Waals surface area contributed by atoms with E-state index in [4.69, 9.17) is 0 Å². The molecule has 0 aromatic carbocycles. The molecule has 0 amide bonds. The van der Waals surface area contributed by atoms with E-state index in [0.29, 0.717) is 21.2 Å². The molecule has 0 saturated heterocycles. The lowest BCUT2D eigenvalue weighted by Crippen LogP contribution is -2.16. The summed E-state index contributed by atoms with van der Waals surface area (Å²) in [6, 6.07) is 6.94. The molecule has 22 heavy (non-hydrogen) atoms. The maximum absolute atomic E-state index is 12.9. The highest BCUT2D eigenvalue weighted by molar-refractivity contribution is 9.10. The number of imidazole rings is 1. The minimum absolute atomic E-state index is 0.0491. The zero-order chi connectivity index (χ0) is 15.3. The number of nitrogens with zero attached hydrogens (tertiary/aromatic N) is 5. The second-order valence-corrected chi connectivity index (χ2v) is 7.21. The van der Waals surface area contributed by atoms with E-state index in [-0.39, 0.29) is 5.03 Å². The summed E-state index contributed by atoms with van der Waals surface area (Å²) in [7, 11) is -3.88. The first-order chi connectivity index (χ1) is 10.6. The molecular formula is C13H8BrN5O2S. The summed E-state index contributed by atoms with van der Waals surface area (Å²) in [6.07, 6.45) is 5.98. The molecule has 4 aromatic rings. The van der Waals surface area contributed by atoms with E-state index in [1.165, 1.54) is 16.8 Å². The number of fused-ring (bicyclic) bond motifs is 2. The van der Waals surface area contributed by atoms with E-state index < -0.39 is 10.0 Å². The van der Waals surface area contributed by atoms with Crippen molar-refractivity contribution in [3.63, 3.8) is 0 Å². The van der Waals surface area contributed by atoms with E-state index in [9.17, 15) is 8.42 Å². The fourth-order valence-electron chi connectivity index (χ4n) is 2.24. The van der Waals surface area contributed by atoms with Gasteiger partial charge in [0, 0.05) is 16.9 Å². The van der Waals surface area contributed by atoms with Crippen molar-refractivity contribution in [1.29, 1.82) is 0 Å². The summed E-state index contributed by atoms with van der Waals surface area (Å²) in [5.74, 6) is 0. The molecule has 110 valence electrons. The molecule has 4 rings (SSSR count). The van der Waals surface area contributed by atoms with Gasteiger partial charge in [-0.1, -0.05) is 6.07 Å². The fourth-order valence-corrected chi connectivity index (χ4v) is 3.90. The van der Waals surface area contributed by atoms with Crippen LogP contribution in [-0.4, -0.2) is 32.0 Å². The summed E-state index contributed by atoms with van der Waals surface area (Å²) in [5.41, 5.74) is 1.46. The Morgan fingerprint density at radius 2 is 1.95 bits per heavy atom. The van der Waals surface area contributed by atoms with Crippen molar-refractivity contribution in [2.75, 3.05) is 0 Å². The van der Waals surface area contributed by atoms with Crippen molar-refractivity contribution in [2.24, 2.45) is 0 Å². The van der Waals surface area contributed by atoms with Crippen LogP contribution in [0, 0.1) is 0 Å². The molecule has 4 aromatic heterocycles. The third kappa shape index (κ3) is 1.86. The highest BCUT2D eigenvalue weighted by Gasteiger charge is 2.24. The average Bonchev–Trinajstić information content (AvgIpc) is 3.11. The van der Waals surface area contributed by atoms with E-state index in [0.717, 1.165) is 4.09 Å². The lowest BCUT2D eigenvalue weighted by Gasteiger charge is -2.05. The zero-order valence-corrected chi connectivity index (χ0v) is 13.4. The lowest BCUT2D eigenvalue weighted by molar-refractivity contribution is 0.577. The molecule has 0 spiro atoms. The number of halogens is 1. The minimum Gasteiger partial charge on any atom is -0.289 e. The average molecular weight is 378 g/mol. The van der Waals surface area contributed by atoms with Gasteiger partial charge in [-0.2, -0.15) is 17.6 Å². The first-order valence-electron chi connectivity index (χ1n) is 6.24. The zero-order valence-electron chi connectivity index (χ0n) is 11.0. The molecule has 4 heterocycles. The van der Waals surface area contributed by atoms with E-state index in [1.54, 1.807) is 36.7 Å². The molecule has 0 bridgehead atoms. The van der Waals surface area contributed by atoms with Gasteiger partial charge < -0.3 is 0 Å². The van der Waals surface area contributed by atoms with Gasteiger partial charge in [0.25, 0.3) is 0 Å². The van der Waals surface area contributed by atoms with Crippen molar-refractivity contribution in [3.8, 4) is 0 Å². The van der Waals surface area contributed by atoms with Crippen LogP contribution in [0.15, 0.2) is 58.6 Å². The van der Waals surface area contributed by atoms with Gasteiger partial charge in [0.2, 0.25) is 0 Å². The Morgan fingerprint density at radius 3 is 2.82 bits per heavy atom. The van der Waals surface area contributed by atoms with Crippen LogP contribution in [0.3, 0.4) is 0 Å². The predicted octanol–water partition coefficient (Wildman–Crippen LogP) is 2.08. The van der Waals surface area contributed by atoms with Gasteiger partial charge in [-0.3, -0.25) is 9.38 Å². The molecule has 0 radical (unpaired) electrons. The SMILES string of the molecule is O=S(=O)(c1cnc2ccccn12)n1ncc2ncc(Br)cc21. The van der Waals surface area contributed by atoms with Crippen molar-refractivity contribution >= 4 is 42.6 Å². The standard InChI is InChI=1S/C13H8BrN5O2S/c14-9-5-11-10(15-6-9)7-17-19(11)22(20,21)13-8-16-12-3-1-2-4-18(12)13/h1-8H. The molecule has 9 heteroatoms. The molecule has 0 unspecified atom stereocenters. The number of aromatic nitrogens is 5. The van der Waals surface area contributed by atoms with Crippen molar-refractivity contribution in [2.45, 2.75) is 5.03 Å². The normalized spacial score (nSPS) is 12.2. The summed E-state index contributed by atoms with van der Waals surface area (Å²) in [5, 5.41) is 4.02. The predicted molar refractivity (Wildman–Crippen MR) is 83.0 cm³/mol. The Hall–Kier alpha value is -2.26. The van der Waals surface area contributed by atoms with Crippen LogP contribution in [0.25, 0.3) is 16.7 Å². The van der Waals surface area contributed by atoms with Crippen molar-refractivity contribution in [3.05, 3.63) is 53.5 Å². The summed E-state index contributed by atoms with van der Waals surface area (Å²) >= 11 is 3.29. The minimum atomic E-state index is -3.88. The van der Waals surface area contributed by atoms with Crippen LogP contribution in [0.4, 0.5) is 0 Å². The van der Waals surface area contributed by atoms with Gasteiger partial charge in [0.15, 0.2) is 5.03 Å². The van der Waals surface area contributed by atoms with Gasteiger partial charge in [0.1, 0.15) is 16.7 Å². The van der Waals surface area contributed by atoms with Crippen LogP contribution in [0.5, 0.6) is 0 Å². The highest BCUT2D eigenvalue weighted by atomic mass is 79.9. The largest absolute Gasteiger partial charge is 0.301 e. The maximum Gasteiger partial charge on any atom is 0.301 e. The quantitative estimate of drug-likeness (QED) is 0.534. The Labute approximate surface area is 133 Å². The Morgan fingerprint density at radius 1 is 1.09 bits per heavy atom. The molecule has 0 saturated carbocycles. The van der Waals surface area contributed by atoms with Crippen molar-refractivity contribution in [1.82, 2.24) is 23.6 Å². The fraction of sp³-hybridized carbons (Fsp3) is 0. The Kier molecular flexibility index (Phi) is 2.81. The van der Waals surface area contributed by atoms with Crippen LogP contribution >= 0.6 is 15.9 Å². The highest BCUT2D eigenvalue weighted by Crippen LogP contribution is 2.22. The summed E-state index contributed by atoms with van der Waals surface area (Å²) in [4.78, 5) is 8.25. The van der Waals surface area contributed by atoms with Gasteiger partial charge >= 0.3 is 10.0 Å². The Bertz CT molecular complexity index is 1120. The maximum atomic E-state index is 12.9. The van der Waals surface area contributed by atoms with Gasteiger partial charge in [0.05, 0.1) is 12.4 Å². The number of hydrogen-bond donors (Lipinski definition) is 0. The topological polar surface area (TPSA) is 82.1 Å². The van der Waals surface area contributed by atoms with Gasteiger partial charge in [-0.15, -0.1) is 0 Å². The molecule has 0 aliphatic heterocycles. The van der Waals surface area contributed by atoms with E-state index >= 15 is 0 Å². The van der Waals surface area contributed by atoms with Crippen LogP contribution < -0.4 is 0 Å². The Balaban J connectivity index is 2.02. The third-order valence-corrected chi connectivity index (χ3v) is 5.24. The van der Waals surface area contributed by atoms with Gasteiger partial charge in [-0.05, 0) is 34.1 Å². The smallest absolute Gasteiger partial charge is 0.289 e. The van der Waals surface area contributed by atoms with Crippen LogP contribution in [0.1, 0.15) is 0 Å². The number of pyridine rings is 2.